The summed E-state index contributed by atoms with van der Waals surface area (Å²) < 4.78 is -2.22. The van der Waals surface area contributed by atoms with Crippen LogP contribution in [0.1, 0.15) is 194 Å². The molecule has 0 aromatic rings. The Balaban J connectivity index is 3.35. The molecule has 1 N–H and O–H groups in total. The second kappa shape index (κ2) is 35.3. The van der Waals surface area contributed by atoms with Gasteiger partial charge >= 0.3 is 0 Å². The lowest BCUT2D eigenvalue weighted by atomic mass is 10.1. The number of hydrogen-bond acceptors (Lipinski definition) is 3. The fraction of sp³-hybridized carbons (Fsp3) is 0.889. The summed E-state index contributed by atoms with van der Waals surface area (Å²) in [6.07, 6.45) is 47.2. The Morgan fingerprint density at radius 3 is 0.951 bits per heavy atom. The highest BCUT2D eigenvalue weighted by atomic mass is 33.2. The molecule has 0 atom stereocenters. The van der Waals surface area contributed by atoms with Crippen LogP contribution in [0.4, 0.5) is 0 Å². The fourth-order valence-corrected chi connectivity index (χ4v) is 12.0. The van der Waals surface area contributed by atoms with E-state index in [-0.39, 0.29) is 0 Å². The van der Waals surface area contributed by atoms with Crippen molar-refractivity contribution in [2.24, 2.45) is 0 Å². The van der Waals surface area contributed by atoms with Crippen molar-refractivity contribution in [3.8, 4) is 0 Å². The van der Waals surface area contributed by atoms with Gasteiger partial charge in [-0.1, -0.05) is 176 Å². The van der Waals surface area contributed by atoms with Crippen LogP contribution in [-0.2, 0) is 11.8 Å². The first kappa shape index (κ1) is 41.8. The molecule has 0 heterocycles. The standard InChI is InChI=1S/C36H71OPS3/c1-3-5-7-9-11-13-15-17-19-21-23-25-27-29-31-33-35-40-38(37,39)41-36-34-32-30-28-26-24-22-20-18-16-14-12-10-8-6-4-2/h17-20H,3-16,21-36H2,1-2H3,(H,37,39)/b19-17-,20-18-. The molecule has 0 spiro atoms. The summed E-state index contributed by atoms with van der Waals surface area (Å²) in [4.78, 5) is 10.6. The van der Waals surface area contributed by atoms with Crippen LogP contribution < -0.4 is 0 Å². The smallest absolute Gasteiger partial charge is 0.172 e. The molecule has 1 nitrogen and oxygen atoms in total. The Hall–Kier alpha value is 0.790. The zero-order valence-electron chi connectivity index (χ0n) is 27.6. The Labute approximate surface area is 272 Å². The fourth-order valence-electron chi connectivity index (χ4n) is 5.10. The topological polar surface area (TPSA) is 20.2 Å². The molecule has 0 aromatic heterocycles. The van der Waals surface area contributed by atoms with E-state index in [2.05, 4.69) is 38.2 Å². The summed E-state index contributed by atoms with van der Waals surface area (Å²) in [5.74, 6) is 2.07. The average molecular weight is 647 g/mol. The minimum atomic E-state index is -2.22. The van der Waals surface area contributed by atoms with Gasteiger partial charge in [0, 0.05) is 11.5 Å². The van der Waals surface area contributed by atoms with Crippen LogP contribution in [0, 0.1) is 0 Å². The van der Waals surface area contributed by atoms with Crippen LogP contribution in [0.15, 0.2) is 24.3 Å². The maximum absolute atomic E-state index is 10.6. The summed E-state index contributed by atoms with van der Waals surface area (Å²) in [6, 6.07) is 0. The molecule has 0 saturated heterocycles. The van der Waals surface area contributed by atoms with Crippen molar-refractivity contribution in [2.45, 2.75) is 194 Å². The Kier molecular flexibility index (Phi) is 36.0. The van der Waals surface area contributed by atoms with E-state index >= 15 is 0 Å². The van der Waals surface area contributed by atoms with Crippen molar-refractivity contribution in [3.05, 3.63) is 24.3 Å². The molecule has 0 aliphatic heterocycles. The molecule has 0 aliphatic rings. The molecule has 0 unspecified atom stereocenters. The van der Waals surface area contributed by atoms with Gasteiger partial charge in [-0.3, -0.25) is 0 Å². The van der Waals surface area contributed by atoms with Crippen molar-refractivity contribution in [3.63, 3.8) is 0 Å². The summed E-state index contributed by atoms with van der Waals surface area (Å²) in [5, 5.41) is 0. The van der Waals surface area contributed by atoms with Gasteiger partial charge in [0.25, 0.3) is 0 Å². The molecule has 244 valence electrons. The lowest BCUT2D eigenvalue weighted by Gasteiger charge is -2.13. The maximum atomic E-state index is 10.6. The van der Waals surface area contributed by atoms with Gasteiger partial charge in [0.1, 0.15) is 0 Å². The van der Waals surface area contributed by atoms with Crippen molar-refractivity contribution in [2.75, 3.05) is 11.5 Å². The SMILES string of the molecule is CCCCCCCC/C=C\CCCCCCCCSP(O)(=S)SCCCCCCCC/C=C\CCCCCCCC. The summed E-state index contributed by atoms with van der Waals surface area (Å²) in [6.45, 7) is 4.57. The minimum Gasteiger partial charge on any atom is -0.350 e. The van der Waals surface area contributed by atoms with Crippen molar-refractivity contribution in [1.82, 2.24) is 0 Å². The first-order valence-electron chi connectivity index (χ1n) is 18.0. The van der Waals surface area contributed by atoms with Crippen LogP contribution in [0.25, 0.3) is 0 Å². The third kappa shape index (κ3) is 36.9. The second-order valence-corrected chi connectivity index (χ2v) is 22.7. The van der Waals surface area contributed by atoms with Crippen molar-refractivity contribution < 1.29 is 4.89 Å². The number of unbranched alkanes of at least 4 members (excludes halogenated alkanes) is 24. The van der Waals surface area contributed by atoms with Gasteiger partial charge in [0.15, 0.2) is 4.67 Å². The first-order chi connectivity index (χ1) is 20.1. The maximum Gasteiger partial charge on any atom is 0.172 e. The van der Waals surface area contributed by atoms with Crippen LogP contribution in [0.2, 0.25) is 0 Å². The van der Waals surface area contributed by atoms with Crippen LogP contribution in [-0.4, -0.2) is 16.4 Å². The molecule has 0 radical (unpaired) electrons. The predicted molar refractivity (Wildman–Crippen MR) is 200 cm³/mol. The van der Waals surface area contributed by atoms with Gasteiger partial charge in [-0.15, -0.1) is 0 Å². The minimum absolute atomic E-state index is 1.04. The normalized spacial score (nSPS) is 12.4. The van der Waals surface area contributed by atoms with E-state index in [1.54, 1.807) is 22.8 Å². The highest BCUT2D eigenvalue weighted by Gasteiger charge is 2.13. The van der Waals surface area contributed by atoms with Gasteiger partial charge in [0.2, 0.25) is 0 Å². The molecule has 0 rings (SSSR count). The first-order valence-corrected chi connectivity index (χ1v) is 24.0. The molecule has 0 amide bonds. The molecular weight excluding hydrogens is 576 g/mol. The third-order valence-electron chi connectivity index (χ3n) is 7.82. The lowest BCUT2D eigenvalue weighted by Crippen LogP contribution is -1.85. The molecular formula is C36H71OPS3. The molecule has 0 saturated carbocycles. The highest BCUT2D eigenvalue weighted by Crippen LogP contribution is 2.66. The lowest BCUT2D eigenvalue weighted by molar-refractivity contribution is 0.607. The summed E-state index contributed by atoms with van der Waals surface area (Å²) in [7, 11) is 0. The van der Waals surface area contributed by atoms with Crippen LogP contribution in [0.3, 0.4) is 0 Å². The van der Waals surface area contributed by atoms with E-state index in [4.69, 9.17) is 11.8 Å². The van der Waals surface area contributed by atoms with Gasteiger partial charge in [-0.25, -0.2) is 0 Å². The van der Waals surface area contributed by atoms with Gasteiger partial charge in [0.05, 0.1) is 0 Å². The predicted octanol–water partition coefficient (Wildman–Crippen LogP) is 14.7. The number of rotatable bonds is 34. The zero-order valence-corrected chi connectivity index (χ0v) is 31.0. The third-order valence-corrected chi connectivity index (χ3v) is 16.3. The van der Waals surface area contributed by atoms with Gasteiger partial charge < -0.3 is 4.89 Å². The van der Waals surface area contributed by atoms with E-state index < -0.39 is 4.67 Å². The van der Waals surface area contributed by atoms with Crippen LogP contribution in [0.5, 0.6) is 0 Å². The quantitative estimate of drug-likeness (QED) is 0.0426. The Morgan fingerprint density at radius 2 is 0.659 bits per heavy atom. The Bertz CT molecular complexity index is 560. The van der Waals surface area contributed by atoms with E-state index in [9.17, 15) is 4.89 Å². The van der Waals surface area contributed by atoms with Gasteiger partial charge in [-0.05, 0) is 76.0 Å². The van der Waals surface area contributed by atoms with E-state index in [0.717, 1.165) is 11.5 Å². The molecule has 0 fully saturated rings. The van der Waals surface area contributed by atoms with Crippen molar-refractivity contribution >= 4 is 39.2 Å². The summed E-state index contributed by atoms with van der Waals surface area (Å²) >= 11 is 8.91. The molecule has 41 heavy (non-hydrogen) atoms. The second-order valence-electron chi connectivity index (χ2n) is 12.0. The largest absolute Gasteiger partial charge is 0.350 e. The Morgan fingerprint density at radius 1 is 0.415 bits per heavy atom. The highest BCUT2D eigenvalue weighted by molar-refractivity contribution is 8.98. The number of hydrogen-bond donors (Lipinski definition) is 1. The molecule has 5 heteroatoms. The average Bonchev–Trinajstić information content (AvgIpc) is 2.96. The molecule has 0 aliphatic carbocycles. The van der Waals surface area contributed by atoms with Crippen LogP contribution >= 0.6 is 27.4 Å². The van der Waals surface area contributed by atoms with E-state index in [1.807, 2.05) is 0 Å². The number of allylic oxidation sites excluding steroid dienone is 4. The van der Waals surface area contributed by atoms with Crippen molar-refractivity contribution in [1.29, 1.82) is 0 Å². The summed E-state index contributed by atoms with van der Waals surface area (Å²) in [5.41, 5.74) is 0. The monoisotopic (exact) mass is 646 g/mol. The zero-order chi connectivity index (χ0) is 30.0. The van der Waals surface area contributed by atoms with E-state index in [0.29, 0.717) is 0 Å². The van der Waals surface area contributed by atoms with Gasteiger partial charge in [-0.2, -0.15) is 0 Å². The molecule has 0 aromatic carbocycles. The molecule has 0 bridgehead atoms. The van der Waals surface area contributed by atoms with E-state index in [1.165, 1.54) is 180 Å².